The van der Waals surface area contributed by atoms with E-state index in [1.807, 2.05) is 4.90 Å². The molecule has 152 valence electrons. The van der Waals surface area contributed by atoms with Gasteiger partial charge in [0, 0.05) is 30.9 Å². The topological polar surface area (TPSA) is 145 Å². The van der Waals surface area contributed by atoms with Crippen molar-refractivity contribution in [3.05, 3.63) is 58.1 Å². The summed E-state index contributed by atoms with van der Waals surface area (Å²) in [5.74, 6) is -0.756. The van der Waals surface area contributed by atoms with E-state index in [0.717, 1.165) is 11.8 Å². The summed E-state index contributed by atoms with van der Waals surface area (Å²) in [7, 11) is 1.17. The first-order valence-corrected chi connectivity index (χ1v) is 8.87. The van der Waals surface area contributed by atoms with Crippen molar-refractivity contribution in [3.63, 3.8) is 0 Å². The van der Waals surface area contributed by atoms with Gasteiger partial charge < -0.3 is 9.64 Å². The Morgan fingerprint density at radius 3 is 2.27 bits per heavy atom. The number of carbonyl (C=O) groups is 1. The highest BCUT2D eigenvalue weighted by Crippen LogP contribution is 2.28. The molecule has 2 rings (SSSR count). The zero-order valence-corrected chi connectivity index (χ0v) is 16.2. The Hall–Kier alpha value is -4.31. The van der Waals surface area contributed by atoms with Crippen LogP contribution in [-0.4, -0.2) is 31.1 Å². The Balaban J connectivity index is 2.24. The second-order valence-corrected chi connectivity index (χ2v) is 5.97. The SMILES string of the molecule is COC(=O)c1cc([N+](=O)[O-])ccc1/N=N/c1ccc(N(CCC#N)CCC#N)cc1. The first kappa shape index (κ1) is 22.0. The number of non-ortho nitro benzene ring substituents is 1. The molecule has 30 heavy (non-hydrogen) atoms. The fourth-order valence-corrected chi connectivity index (χ4v) is 2.58. The highest BCUT2D eigenvalue weighted by molar-refractivity contribution is 5.95. The number of nitrogens with zero attached hydrogens (tertiary/aromatic N) is 6. The molecule has 0 atom stereocenters. The molecule has 0 saturated carbocycles. The third kappa shape index (κ3) is 5.84. The minimum Gasteiger partial charge on any atom is -0.465 e. The van der Waals surface area contributed by atoms with Crippen LogP contribution in [0.25, 0.3) is 0 Å². The molecule has 0 N–H and O–H groups in total. The summed E-state index contributed by atoms with van der Waals surface area (Å²) in [5.41, 5.74) is 1.15. The molecule has 10 nitrogen and oxygen atoms in total. The first-order chi connectivity index (χ1) is 14.5. The van der Waals surface area contributed by atoms with Gasteiger partial charge in [0.15, 0.2) is 0 Å². The van der Waals surface area contributed by atoms with E-state index in [0.29, 0.717) is 31.6 Å². The summed E-state index contributed by atoms with van der Waals surface area (Å²) in [4.78, 5) is 24.2. The maximum absolute atomic E-state index is 11.9. The van der Waals surface area contributed by atoms with Crippen molar-refractivity contribution in [3.8, 4) is 12.1 Å². The van der Waals surface area contributed by atoms with Gasteiger partial charge in [-0.3, -0.25) is 10.1 Å². The molecule has 0 bridgehead atoms. The molecule has 0 amide bonds. The number of hydrogen-bond acceptors (Lipinski definition) is 9. The van der Waals surface area contributed by atoms with Gasteiger partial charge in [-0.05, 0) is 30.3 Å². The van der Waals surface area contributed by atoms with Crippen molar-refractivity contribution in [2.75, 3.05) is 25.1 Å². The summed E-state index contributed by atoms with van der Waals surface area (Å²) in [6.45, 7) is 1.01. The maximum atomic E-state index is 11.9. The largest absolute Gasteiger partial charge is 0.465 e. The van der Waals surface area contributed by atoms with Crippen molar-refractivity contribution in [2.24, 2.45) is 10.2 Å². The average Bonchev–Trinajstić information content (AvgIpc) is 2.77. The van der Waals surface area contributed by atoms with Gasteiger partial charge in [-0.2, -0.15) is 15.6 Å². The van der Waals surface area contributed by atoms with E-state index in [1.54, 1.807) is 24.3 Å². The monoisotopic (exact) mass is 406 g/mol. The molecule has 0 radical (unpaired) electrons. The molecule has 0 saturated heterocycles. The smallest absolute Gasteiger partial charge is 0.340 e. The van der Waals surface area contributed by atoms with Crippen molar-refractivity contribution in [2.45, 2.75) is 12.8 Å². The van der Waals surface area contributed by atoms with Gasteiger partial charge in [-0.25, -0.2) is 4.79 Å². The molecule has 0 unspecified atom stereocenters. The predicted molar refractivity (Wildman–Crippen MR) is 108 cm³/mol. The molecule has 0 spiro atoms. The number of hydrogen-bond donors (Lipinski definition) is 0. The second-order valence-electron chi connectivity index (χ2n) is 5.97. The molecule has 10 heteroatoms. The van der Waals surface area contributed by atoms with Crippen LogP contribution >= 0.6 is 0 Å². The third-order valence-corrected chi connectivity index (χ3v) is 4.07. The number of nitro benzene ring substituents is 1. The van der Waals surface area contributed by atoms with E-state index in [4.69, 9.17) is 10.5 Å². The van der Waals surface area contributed by atoms with Crippen molar-refractivity contribution in [1.29, 1.82) is 10.5 Å². The van der Waals surface area contributed by atoms with Gasteiger partial charge in [-0.15, -0.1) is 5.11 Å². The third-order valence-electron chi connectivity index (χ3n) is 4.07. The second kappa shape index (κ2) is 10.9. The van der Waals surface area contributed by atoms with E-state index in [9.17, 15) is 14.9 Å². The number of benzene rings is 2. The number of methoxy groups -OCH3 is 1. The quantitative estimate of drug-likeness (QED) is 0.259. The molecule has 2 aromatic rings. The van der Waals surface area contributed by atoms with E-state index in [1.165, 1.54) is 19.2 Å². The number of esters is 1. The lowest BCUT2D eigenvalue weighted by Gasteiger charge is -2.22. The standard InChI is InChI=1S/C20H18N6O4/c1-30-20(27)18-14-17(26(28)29)8-9-19(18)24-23-15-4-6-16(7-5-15)25(12-2-10-21)13-3-11-22/h4-9,14H,2-3,12-13H2,1H3/b24-23+. The van der Waals surface area contributed by atoms with Crippen LogP contribution in [0.5, 0.6) is 0 Å². The van der Waals surface area contributed by atoms with Crippen molar-refractivity contribution in [1.82, 2.24) is 0 Å². The minimum atomic E-state index is -0.756. The Kier molecular flexibility index (Phi) is 7.97. The highest BCUT2D eigenvalue weighted by atomic mass is 16.6. The van der Waals surface area contributed by atoms with Gasteiger partial charge in [0.25, 0.3) is 5.69 Å². The van der Waals surface area contributed by atoms with Crippen LogP contribution < -0.4 is 4.90 Å². The zero-order valence-electron chi connectivity index (χ0n) is 16.2. The molecule has 0 fully saturated rings. The Morgan fingerprint density at radius 2 is 1.73 bits per heavy atom. The van der Waals surface area contributed by atoms with Crippen molar-refractivity contribution < 1.29 is 14.5 Å². The van der Waals surface area contributed by atoms with E-state index < -0.39 is 10.9 Å². The van der Waals surface area contributed by atoms with Crippen LogP contribution in [-0.2, 0) is 4.74 Å². The lowest BCUT2D eigenvalue weighted by Crippen LogP contribution is -2.25. The van der Waals surface area contributed by atoms with Crippen LogP contribution in [0.4, 0.5) is 22.7 Å². The summed E-state index contributed by atoms with van der Waals surface area (Å²) in [5, 5.41) is 36.6. The minimum absolute atomic E-state index is 0.0637. The number of azo groups is 1. The molecule has 0 aliphatic rings. The van der Waals surface area contributed by atoms with Crippen LogP contribution in [0.1, 0.15) is 23.2 Å². The molecule has 2 aromatic carbocycles. The predicted octanol–water partition coefficient (Wildman–Crippen LogP) is 4.43. The fourth-order valence-electron chi connectivity index (χ4n) is 2.58. The number of nitriles is 2. The number of anilines is 1. The van der Waals surface area contributed by atoms with Gasteiger partial charge in [-0.1, -0.05) is 0 Å². The maximum Gasteiger partial charge on any atom is 0.340 e. The summed E-state index contributed by atoms with van der Waals surface area (Å²) in [6, 6.07) is 14.8. The Bertz CT molecular complexity index is 1000. The number of ether oxygens (including phenoxy) is 1. The number of carbonyl (C=O) groups excluding carboxylic acids is 1. The zero-order chi connectivity index (χ0) is 21.9. The van der Waals surface area contributed by atoms with Crippen LogP contribution in [0.3, 0.4) is 0 Å². The Labute approximate surface area is 172 Å². The van der Waals surface area contributed by atoms with Crippen molar-refractivity contribution >= 4 is 28.7 Å². The lowest BCUT2D eigenvalue weighted by molar-refractivity contribution is -0.384. The summed E-state index contributed by atoms with van der Waals surface area (Å²) >= 11 is 0. The number of nitro groups is 1. The van der Waals surface area contributed by atoms with Gasteiger partial charge in [0.05, 0.1) is 48.3 Å². The first-order valence-electron chi connectivity index (χ1n) is 8.87. The normalized spacial score (nSPS) is 10.2. The summed E-state index contributed by atoms with van der Waals surface area (Å²) in [6.07, 6.45) is 0.673. The molecule has 0 aliphatic carbocycles. The Morgan fingerprint density at radius 1 is 1.10 bits per heavy atom. The summed E-state index contributed by atoms with van der Waals surface area (Å²) < 4.78 is 4.66. The fraction of sp³-hybridized carbons (Fsp3) is 0.250. The van der Waals surface area contributed by atoms with Crippen LogP contribution in [0.15, 0.2) is 52.7 Å². The van der Waals surface area contributed by atoms with E-state index >= 15 is 0 Å². The van der Waals surface area contributed by atoms with Crippen LogP contribution in [0.2, 0.25) is 0 Å². The van der Waals surface area contributed by atoms with E-state index in [-0.39, 0.29) is 16.9 Å². The van der Waals surface area contributed by atoms with Crippen LogP contribution in [0, 0.1) is 32.8 Å². The lowest BCUT2D eigenvalue weighted by atomic mass is 10.1. The van der Waals surface area contributed by atoms with Gasteiger partial charge >= 0.3 is 5.97 Å². The highest BCUT2D eigenvalue weighted by Gasteiger charge is 2.17. The van der Waals surface area contributed by atoms with Gasteiger partial charge in [0.2, 0.25) is 0 Å². The molecule has 0 heterocycles. The average molecular weight is 406 g/mol. The molecule has 0 aliphatic heterocycles. The molecular weight excluding hydrogens is 388 g/mol. The van der Waals surface area contributed by atoms with E-state index in [2.05, 4.69) is 27.1 Å². The molecular formula is C20H18N6O4. The number of rotatable bonds is 9. The van der Waals surface area contributed by atoms with Gasteiger partial charge in [0.1, 0.15) is 5.69 Å². The molecule has 0 aromatic heterocycles.